The minimum absolute atomic E-state index is 0.388. The number of nitrogens with zero attached hydrogens (tertiary/aromatic N) is 2. The molecule has 2 N–H and O–H groups in total. The van der Waals surface area contributed by atoms with Gasteiger partial charge >= 0.3 is 0 Å². The number of carbonyl (C=O) groups excluding carboxylic acids is 1. The molecule has 4 nitrogen and oxygen atoms in total. The van der Waals surface area contributed by atoms with E-state index in [-0.39, 0.29) is 0 Å². The van der Waals surface area contributed by atoms with E-state index in [0.29, 0.717) is 11.9 Å². The second kappa shape index (κ2) is 8.63. The normalized spacial score (nSPS) is 23.6. The second-order valence-corrected chi connectivity index (χ2v) is 6.34. The van der Waals surface area contributed by atoms with Crippen molar-refractivity contribution < 1.29 is 4.79 Å². The maximum atomic E-state index is 12.3. The standard InChI is InChI=1S/C16H31N3O/c17-10-4-2-1-3-9-16(20)19-13-7-8-15(19)14-18-11-5-6-12-18/h15H,1-14,17H2. The Kier molecular flexibility index (Phi) is 6.80. The maximum absolute atomic E-state index is 12.3. The van der Waals surface area contributed by atoms with E-state index >= 15 is 0 Å². The Hall–Kier alpha value is -0.610. The third-order valence-corrected chi connectivity index (χ3v) is 4.71. The molecule has 1 amide bonds. The molecule has 116 valence electrons. The smallest absolute Gasteiger partial charge is 0.222 e. The van der Waals surface area contributed by atoms with Gasteiger partial charge in [-0.1, -0.05) is 12.8 Å². The zero-order valence-corrected chi connectivity index (χ0v) is 12.9. The first-order chi connectivity index (χ1) is 9.81. The molecule has 4 heteroatoms. The molecule has 2 aliphatic rings. The van der Waals surface area contributed by atoms with Crippen LogP contribution in [0.4, 0.5) is 0 Å². The molecule has 20 heavy (non-hydrogen) atoms. The molecule has 0 radical (unpaired) electrons. The van der Waals surface area contributed by atoms with Gasteiger partial charge in [0.25, 0.3) is 0 Å². The molecular weight excluding hydrogens is 250 g/mol. The van der Waals surface area contributed by atoms with Crippen molar-refractivity contribution in [2.45, 2.75) is 63.8 Å². The highest BCUT2D eigenvalue weighted by Crippen LogP contribution is 2.21. The van der Waals surface area contributed by atoms with Gasteiger partial charge in [-0.2, -0.15) is 0 Å². The minimum Gasteiger partial charge on any atom is -0.338 e. The van der Waals surface area contributed by atoms with Gasteiger partial charge in [0.2, 0.25) is 5.91 Å². The van der Waals surface area contributed by atoms with Crippen LogP contribution in [0.2, 0.25) is 0 Å². The lowest BCUT2D eigenvalue weighted by atomic mass is 10.1. The summed E-state index contributed by atoms with van der Waals surface area (Å²) in [6.45, 7) is 5.34. The summed E-state index contributed by atoms with van der Waals surface area (Å²) in [4.78, 5) is 17.1. The van der Waals surface area contributed by atoms with Crippen LogP contribution in [0.25, 0.3) is 0 Å². The lowest BCUT2D eigenvalue weighted by Gasteiger charge is -2.28. The molecule has 0 aromatic carbocycles. The average molecular weight is 281 g/mol. The van der Waals surface area contributed by atoms with Crippen molar-refractivity contribution in [3.05, 3.63) is 0 Å². The molecule has 2 heterocycles. The quantitative estimate of drug-likeness (QED) is 0.692. The number of likely N-dealkylation sites (tertiary alicyclic amines) is 2. The van der Waals surface area contributed by atoms with E-state index in [2.05, 4.69) is 9.80 Å². The van der Waals surface area contributed by atoms with E-state index in [1.54, 1.807) is 0 Å². The largest absolute Gasteiger partial charge is 0.338 e. The van der Waals surface area contributed by atoms with Crippen molar-refractivity contribution in [3.8, 4) is 0 Å². The fourth-order valence-electron chi connectivity index (χ4n) is 3.53. The molecular formula is C16H31N3O. The number of unbranched alkanes of at least 4 members (excludes halogenated alkanes) is 3. The molecule has 1 atom stereocenters. The molecule has 0 aliphatic carbocycles. The van der Waals surface area contributed by atoms with Crippen molar-refractivity contribution in [1.29, 1.82) is 0 Å². The van der Waals surface area contributed by atoms with Crippen LogP contribution in [-0.4, -0.2) is 54.5 Å². The highest BCUT2D eigenvalue weighted by Gasteiger charge is 2.30. The summed E-state index contributed by atoms with van der Waals surface area (Å²) in [5.41, 5.74) is 5.49. The third kappa shape index (κ3) is 4.74. The summed E-state index contributed by atoms with van der Waals surface area (Å²) in [5, 5.41) is 0. The number of carbonyl (C=O) groups is 1. The molecule has 1 unspecified atom stereocenters. The predicted octanol–water partition coefficient (Wildman–Crippen LogP) is 1.98. The van der Waals surface area contributed by atoms with Gasteiger partial charge in [-0.25, -0.2) is 0 Å². The van der Waals surface area contributed by atoms with Crippen molar-refractivity contribution >= 4 is 5.91 Å². The Labute approximate surface area is 123 Å². The van der Waals surface area contributed by atoms with Gasteiger partial charge in [-0.3, -0.25) is 4.79 Å². The molecule has 0 aromatic heterocycles. The fraction of sp³-hybridized carbons (Fsp3) is 0.938. The predicted molar refractivity (Wildman–Crippen MR) is 82.5 cm³/mol. The number of hydrogen-bond donors (Lipinski definition) is 1. The average Bonchev–Trinajstić information content (AvgIpc) is 3.10. The SMILES string of the molecule is NCCCCCCC(=O)N1CCCC1CN1CCCC1. The minimum atomic E-state index is 0.388. The monoisotopic (exact) mass is 281 g/mol. The summed E-state index contributed by atoms with van der Waals surface area (Å²) in [7, 11) is 0. The number of amides is 1. The molecule has 0 aromatic rings. The van der Waals surface area contributed by atoms with Crippen LogP contribution in [0.5, 0.6) is 0 Å². The van der Waals surface area contributed by atoms with Crippen molar-refractivity contribution in [2.75, 3.05) is 32.7 Å². The van der Waals surface area contributed by atoms with Gasteiger partial charge in [-0.15, -0.1) is 0 Å². The van der Waals surface area contributed by atoms with E-state index < -0.39 is 0 Å². The topological polar surface area (TPSA) is 49.6 Å². The van der Waals surface area contributed by atoms with Gasteiger partial charge in [0.05, 0.1) is 0 Å². The molecule has 2 rings (SSSR count). The van der Waals surface area contributed by atoms with Crippen LogP contribution in [-0.2, 0) is 4.79 Å². The zero-order chi connectivity index (χ0) is 14.2. The highest BCUT2D eigenvalue weighted by molar-refractivity contribution is 5.76. The number of nitrogens with two attached hydrogens (primary N) is 1. The van der Waals surface area contributed by atoms with Gasteiger partial charge in [0.1, 0.15) is 0 Å². The van der Waals surface area contributed by atoms with Crippen LogP contribution in [0.3, 0.4) is 0 Å². The van der Waals surface area contributed by atoms with Gasteiger partial charge in [0.15, 0.2) is 0 Å². The van der Waals surface area contributed by atoms with E-state index in [1.165, 1.54) is 45.2 Å². The lowest BCUT2D eigenvalue weighted by molar-refractivity contribution is -0.132. The Bertz CT molecular complexity index is 289. The van der Waals surface area contributed by atoms with E-state index in [0.717, 1.165) is 45.3 Å². The lowest BCUT2D eigenvalue weighted by Crippen LogP contribution is -2.42. The van der Waals surface area contributed by atoms with Gasteiger partial charge in [-0.05, 0) is 58.2 Å². The second-order valence-electron chi connectivity index (χ2n) is 6.34. The molecule has 0 spiro atoms. The zero-order valence-electron chi connectivity index (χ0n) is 12.9. The Balaban J connectivity index is 1.67. The van der Waals surface area contributed by atoms with Crippen LogP contribution in [0, 0.1) is 0 Å². The summed E-state index contributed by atoms with van der Waals surface area (Å²) < 4.78 is 0. The molecule has 2 aliphatic heterocycles. The van der Waals surface area contributed by atoms with Gasteiger partial charge < -0.3 is 15.5 Å². The first-order valence-electron chi connectivity index (χ1n) is 8.53. The first kappa shape index (κ1) is 15.8. The van der Waals surface area contributed by atoms with Crippen molar-refractivity contribution in [2.24, 2.45) is 5.73 Å². The van der Waals surface area contributed by atoms with E-state index in [9.17, 15) is 4.79 Å². The Morgan fingerprint density at radius 3 is 2.50 bits per heavy atom. The molecule has 0 bridgehead atoms. The van der Waals surface area contributed by atoms with E-state index in [1.807, 2.05) is 0 Å². The maximum Gasteiger partial charge on any atom is 0.222 e. The van der Waals surface area contributed by atoms with Crippen molar-refractivity contribution in [1.82, 2.24) is 9.80 Å². The summed E-state index contributed by atoms with van der Waals surface area (Å²) >= 11 is 0. The molecule has 2 fully saturated rings. The summed E-state index contributed by atoms with van der Waals surface area (Å²) in [5.74, 6) is 0.388. The molecule has 0 saturated carbocycles. The first-order valence-corrected chi connectivity index (χ1v) is 8.53. The Morgan fingerprint density at radius 2 is 1.75 bits per heavy atom. The van der Waals surface area contributed by atoms with Crippen LogP contribution in [0.15, 0.2) is 0 Å². The third-order valence-electron chi connectivity index (χ3n) is 4.71. The van der Waals surface area contributed by atoms with Crippen molar-refractivity contribution in [3.63, 3.8) is 0 Å². The number of hydrogen-bond acceptors (Lipinski definition) is 3. The van der Waals surface area contributed by atoms with E-state index in [4.69, 9.17) is 5.73 Å². The highest BCUT2D eigenvalue weighted by atomic mass is 16.2. The van der Waals surface area contributed by atoms with Crippen LogP contribution in [0.1, 0.15) is 57.8 Å². The van der Waals surface area contributed by atoms with Crippen LogP contribution < -0.4 is 5.73 Å². The Morgan fingerprint density at radius 1 is 1.00 bits per heavy atom. The fourth-order valence-corrected chi connectivity index (χ4v) is 3.53. The van der Waals surface area contributed by atoms with Gasteiger partial charge in [0, 0.05) is 25.6 Å². The molecule has 2 saturated heterocycles. The summed E-state index contributed by atoms with van der Waals surface area (Å²) in [6, 6.07) is 0.490. The van der Waals surface area contributed by atoms with Crippen LogP contribution >= 0.6 is 0 Å². The number of rotatable bonds is 8. The summed E-state index contributed by atoms with van der Waals surface area (Å²) in [6.07, 6.45) is 10.2.